The van der Waals surface area contributed by atoms with E-state index < -0.39 is 0 Å². The molecule has 0 spiro atoms. The van der Waals surface area contributed by atoms with Gasteiger partial charge in [0.2, 0.25) is 0 Å². The lowest BCUT2D eigenvalue weighted by Crippen LogP contribution is -2.16. The highest BCUT2D eigenvalue weighted by atomic mass is 16.5. The predicted molar refractivity (Wildman–Crippen MR) is 76.5 cm³/mol. The number of fused-ring (bicyclic) bond motifs is 1. The Labute approximate surface area is 117 Å². The summed E-state index contributed by atoms with van der Waals surface area (Å²) in [6.07, 6.45) is 0.782. The van der Waals surface area contributed by atoms with Crippen LogP contribution in [-0.4, -0.2) is 23.7 Å². The van der Waals surface area contributed by atoms with Crippen LogP contribution in [0.25, 0.3) is 11.4 Å². The minimum atomic E-state index is 0.503. The van der Waals surface area contributed by atoms with Crippen molar-refractivity contribution < 1.29 is 9.47 Å². The molecule has 5 heteroatoms. The van der Waals surface area contributed by atoms with Gasteiger partial charge in [0, 0.05) is 17.5 Å². The molecule has 20 heavy (non-hydrogen) atoms. The summed E-state index contributed by atoms with van der Waals surface area (Å²) in [5.74, 6) is 2.03. The summed E-state index contributed by atoms with van der Waals surface area (Å²) in [6, 6.07) is 5.89. The molecule has 0 unspecified atom stereocenters. The molecular formula is C15H17N3O2. The van der Waals surface area contributed by atoms with Crippen molar-refractivity contribution in [2.45, 2.75) is 20.0 Å². The topological polar surface area (TPSA) is 70.3 Å². The minimum absolute atomic E-state index is 0.503. The van der Waals surface area contributed by atoms with Gasteiger partial charge in [-0.05, 0) is 30.7 Å². The Morgan fingerprint density at radius 2 is 2.15 bits per heavy atom. The Bertz CT molecular complexity index is 656. The zero-order valence-corrected chi connectivity index (χ0v) is 11.6. The molecule has 1 aliphatic rings. The van der Waals surface area contributed by atoms with Crippen LogP contribution in [0.2, 0.25) is 0 Å². The van der Waals surface area contributed by atoms with Crippen molar-refractivity contribution in [3.05, 3.63) is 35.0 Å². The Morgan fingerprint density at radius 3 is 2.90 bits per heavy atom. The molecule has 0 fully saturated rings. The zero-order chi connectivity index (χ0) is 14.1. The second kappa shape index (κ2) is 5.09. The fraction of sp³-hybridized carbons (Fsp3) is 0.333. The number of nitrogens with zero attached hydrogens (tertiary/aromatic N) is 2. The van der Waals surface area contributed by atoms with E-state index in [1.165, 1.54) is 0 Å². The largest absolute Gasteiger partial charge is 0.496 e. The maximum atomic E-state index is 6.02. The molecule has 0 saturated heterocycles. The van der Waals surface area contributed by atoms with E-state index in [0.29, 0.717) is 24.9 Å². The first-order chi connectivity index (χ1) is 9.69. The third kappa shape index (κ3) is 2.20. The van der Waals surface area contributed by atoms with Crippen LogP contribution in [-0.2, 0) is 17.8 Å². The summed E-state index contributed by atoms with van der Waals surface area (Å²) in [6.45, 7) is 3.19. The maximum absolute atomic E-state index is 6.02. The van der Waals surface area contributed by atoms with Crippen molar-refractivity contribution in [1.29, 1.82) is 0 Å². The first-order valence-corrected chi connectivity index (χ1v) is 6.57. The minimum Gasteiger partial charge on any atom is -0.496 e. The molecule has 5 nitrogen and oxygen atoms in total. The van der Waals surface area contributed by atoms with E-state index in [4.69, 9.17) is 15.2 Å². The Hall–Kier alpha value is -2.14. The van der Waals surface area contributed by atoms with Crippen LogP contribution in [0.4, 0.5) is 5.82 Å². The van der Waals surface area contributed by atoms with Crippen molar-refractivity contribution in [2.75, 3.05) is 19.5 Å². The van der Waals surface area contributed by atoms with Crippen LogP contribution in [0.1, 0.15) is 16.8 Å². The number of hydrogen-bond acceptors (Lipinski definition) is 5. The number of anilines is 1. The van der Waals surface area contributed by atoms with Crippen molar-refractivity contribution >= 4 is 5.82 Å². The van der Waals surface area contributed by atoms with Gasteiger partial charge in [-0.1, -0.05) is 0 Å². The van der Waals surface area contributed by atoms with Crippen molar-refractivity contribution in [1.82, 2.24) is 9.97 Å². The number of nitrogen functional groups attached to an aromatic ring is 1. The average Bonchev–Trinajstić information content (AvgIpc) is 2.47. The summed E-state index contributed by atoms with van der Waals surface area (Å²) in [5.41, 5.74) is 9.93. The van der Waals surface area contributed by atoms with Gasteiger partial charge in [0.05, 0.1) is 26.0 Å². The van der Waals surface area contributed by atoms with E-state index in [9.17, 15) is 0 Å². The summed E-state index contributed by atoms with van der Waals surface area (Å²) in [7, 11) is 1.66. The Balaban J connectivity index is 2.06. The van der Waals surface area contributed by atoms with E-state index >= 15 is 0 Å². The van der Waals surface area contributed by atoms with E-state index in [2.05, 4.69) is 9.97 Å². The number of rotatable bonds is 2. The molecule has 3 rings (SSSR count). The predicted octanol–water partition coefficient (Wildman–Crippen LogP) is 2.12. The molecule has 2 N–H and O–H groups in total. The second-order valence-corrected chi connectivity index (χ2v) is 4.84. The van der Waals surface area contributed by atoms with Gasteiger partial charge in [-0.15, -0.1) is 0 Å². The number of methoxy groups -OCH3 is 1. The molecule has 1 aliphatic heterocycles. The van der Waals surface area contributed by atoms with E-state index in [1.807, 2.05) is 25.1 Å². The third-order valence-electron chi connectivity index (χ3n) is 3.51. The van der Waals surface area contributed by atoms with E-state index in [0.717, 1.165) is 34.6 Å². The van der Waals surface area contributed by atoms with Gasteiger partial charge >= 0.3 is 0 Å². The van der Waals surface area contributed by atoms with Crippen LogP contribution in [0.3, 0.4) is 0 Å². The molecular weight excluding hydrogens is 254 g/mol. The molecule has 1 aromatic heterocycles. The number of aryl methyl sites for hydroxylation is 1. The molecule has 0 atom stereocenters. The number of hydrogen-bond donors (Lipinski definition) is 1. The molecule has 0 aliphatic carbocycles. The Kier molecular flexibility index (Phi) is 3.28. The van der Waals surface area contributed by atoms with Gasteiger partial charge in [0.25, 0.3) is 0 Å². The lowest BCUT2D eigenvalue weighted by Gasteiger charge is -2.18. The fourth-order valence-corrected chi connectivity index (χ4v) is 2.40. The van der Waals surface area contributed by atoms with Gasteiger partial charge in [-0.2, -0.15) is 0 Å². The van der Waals surface area contributed by atoms with Crippen molar-refractivity contribution in [2.24, 2.45) is 0 Å². The monoisotopic (exact) mass is 271 g/mol. The number of benzene rings is 1. The van der Waals surface area contributed by atoms with Gasteiger partial charge < -0.3 is 15.2 Å². The molecule has 2 aromatic rings. The van der Waals surface area contributed by atoms with Crippen molar-refractivity contribution in [3.63, 3.8) is 0 Å². The number of aromatic nitrogens is 2. The molecule has 0 amide bonds. The highest BCUT2D eigenvalue weighted by Gasteiger charge is 2.17. The molecule has 104 valence electrons. The lowest BCUT2D eigenvalue weighted by molar-refractivity contribution is 0.109. The SMILES string of the molecule is COc1ccc(-c2nc(N)c3c(n2)CCOC3)cc1C. The summed E-state index contributed by atoms with van der Waals surface area (Å²) >= 11 is 0. The first kappa shape index (κ1) is 12.9. The van der Waals surface area contributed by atoms with Crippen LogP contribution in [0.15, 0.2) is 18.2 Å². The number of nitrogens with two attached hydrogens (primary N) is 1. The molecule has 0 bridgehead atoms. The molecule has 1 aromatic carbocycles. The van der Waals surface area contributed by atoms with Crippen molar-refractivity contribution in [3.8, 4) is 17.1 Å². The van der Waals surface area contributed by atoms with Crippen LogP contribution in [0.5, 0.6) is 5.75 Å². The number of ether oxygens (including phenoxy) is 2. The molecule has 0 saturated carbocycles. The summed E-state index contributed by atoms with van der Waals surface area (Å²) in [4.78, 5) is 9.03. The van der Waals surface area contributed by atoms with E-state index in [-0.39, 0.29) is 0 Å². The molecule has 0 radical (unpaired) electrons. The zero-order valence-electron chi connectivity index (χ0n) is 11.6. The van der Waals surface area contributed by atoms with E-state index in [1.54, 1.807) is 7.11 Å². The van der Waals surface area contributed by atoms with Crippen LogP contribution >= 0.6 is 0 Å². The fourth-order valence-electron chi connectivity index (χ4n) is 2.40. The standard InChI is InChI=1S/C15H17N3O2/c1-9-7-10(3-4-13(9)19-2)15-17-12-5-6-20-8-11(12)14(16)18-15/h3-4,7H,5-6,8H2,1-2H3,(H2,16,17,18). The third-order valence-corrected chi connectivity index (χ3v) is 3.51. The quantitative estimate of drug-likeness (QED) is 0.906. The van der Waals surface area contributed by atoms with Gasteiger partial charge in [-0.3, -0.25) is 0 Å². The lowest BCUT2D eigenvalue weighted by atomic mass is 10.1. The van der Waals surface area contributed by atoms with Crippen LogP contribution < -0.4 is 10.5 Å². The summed E-state index contributed by atoms with van der Waals surface area (Å²) < 4.78 is 10.7. The van der Waals surface area contributed by atoms with Crippen LogP contribution in [0, 0.1) is 6.92 Å². The first-order valence-electron chi connectivity index (χ1n) is 6.57. The van der Waals surface area contributed by atoms with Gasteiger partial charge in [0.15, 0.2) is 5.82 Å². The highest BCUT2D eigenvalue weighted by Crippen LogP contribution is 2.27. The normalized spacial score (nSPS) is 13.9. The molecule has 2 heterocycles. The van der Waals surface area contributed by atoms with Gasteiger partial charge in [0.1, 0.15) is 11.6 Å². The Morgan fingerprint density at radius 1 is 1.30 bits per heavy atom. The summed E-state index contributed by atoms with van der Waals surface area (Å²) in [5, 5.41) is 0. The average molecular weight is 271 g/mol. The highest BCUT2D eigenvalue weighted by molar-refractivity contribution is 5.61. The smallest absolute Gasteiger partial charge is 0.161 e. The maximum Gasteiger partial charge on any atom is 0.161 e. The second-order valence-electron chi connectivity index (χ2n) is 4.84. The van der Waals surface area contributed by atoms with Gasteiger partial charge in [-0.25, -0.2) is 9.97 Å².